The summed E-state index contributed by atoms with van der Waals surface area (Å²) in [5, 5.41) is 8.00. The van der Waals surface area contributed by atoms with E-state index in [2.05, 4.69) is 15.4 Å². The Hall–Kier alpha value is -4.31. The number of nitrogens with one attached hydrogen (secondary N) is 1. The van der Waals surface area contributed by atoms with Gasteiger partial charge >= 0.3 is 0 Å². The number of amides is 2. The van der Waals surface area contributed by atoms with E-state index in [4.69, 9.17) is 0 Å². The summed E-state index contributed by atoms with van der Waals surface area (Å²) < 4.78 is 44.7. The Labute approximate surface area is 242 Å². The molecule has 10 heteroatoms. The lowest BCUT2D eigenvalue weighted by Crippen LogP contribution is -2.44. The van der Waals surface area contributed by atoms with Gasteiger partial charge in [-0.2, -0.15) is 5.10 Å². The second-order valence-electron chi connectivity index (χ2n) is 11.4. The summed E-state index contributed by atoms with van der Waals surface area (Å²) in [6.07, 6.45) is 0.159. The molecular weight excluding hydrogens is 543 g/mol. The van der Waals surface area contributed by atoms with Crippen LogP contribution in [0.3, 0.4) is 0 Å². The first kappa shape index (κ1) is 29.2. The van der Waals surface area contributed by atoms with Gasteiger partial charge in [-0.05, 0) is 54.3 Å². The van der Waals surface area contributed by atoms with E-state index < -0.39 is 47.6 Å². The molecule has 4 aromatic rings. The minimum atomic E-state index is -0.954. The third-order valence-corrected chi connectivity index (χ3v) is 7.36. The third-order valence-electron chi connectivity index (χ3n) is 7.36. The zero-order chi connectivity index (χ0) is 30.0. The molecule has 7 nitrogen and oxygen atoms in total. The van der Waals surface area contributed by atoms with Gasteiger partial charge in [-0.3, -0.25) is 14.5 Å². The van der Waals surface area contributed by atoms with Gasteiger partial charge in [-0.1, -0.05) is 63.2 Å². The zero-order valence-electron chi connectivity index (χ0n) is 23.7. The molecule has 5 rings (SSSR count). The first-order valence-electron chi connectivity index (χ1n) is 13.8. The van der Waals surface area contributed by atoms with Crippen LogP contribution in [-0.4, -0.2) is 50.7 Å². The van der Waals surface area contributed by atoms with Crippen molar-refractivity contribution in [1.29, 1.82) is 0 Å². The molecule has 0 fully saturated rings. The molecule has 0 aliphatic carbocycles. The molecule has 0 bridgehead atoms. The van der Waals surface area contributed by atoms with E-state index in [1.165, 1.54) is 0 Å². The number of halogens is 3. The largest absolute Gasteiger partial charge is 0.307 e. The number of imide groups is 1. The van der Waals surface area contributed by atoms with Crippen LogP contribution in [0.5, 0.6) is 0 Å². The van der Waals surface area contributed by atoms with Crippen LogP contribution < -0.4 is 5.32 Å². The second-order valence-corrected chi connectivity index (χ2v) is 11.4. The Morgan fingerprint density at radius 1 is 0.881 bits per heavy atom. The first-order valence-corrected chi connectivity index (χ1v) is 13.8. The fourth-order valence-electron chi connectivity index (χ4n) is 5.22. The fraction of sp³-hybridized carbons (Fsp3) is 0.312. The van der Waals surface area contributed by atoms with Crippen LogP contribution in [0.25, 0.3) is 11.4 Å². The number of carbonyl (C=O) groups is 2. The van der Waals surface area contributed by atoms with Crippen LogP contribution in [0.1, 0.15) is 65.3 Å². The summed E-state index contributed by atoms with van der Waals surface area (Å²) in [5.41, 5.74) is 0.977. The lowest BCUT2D eigenvalue weighted by molar-refractivity contribution is 0.0547. The summed E-state index contributed by atoms with van der Waals surface area (Å²) in [6.45, 7) is 5.66. The molecule has 0 saturated heterocycles. The molecule has 2 amide bonds. The highest BCUT2D eigenvalue weighted by atomic mass is 19.1. The summed E-state index contributed by atoms with van der Waals surface area (Å²) >= 11 is 0. The average molecular weight is 576 g/mol. The average Bonchev–Trinajstić information content (AvgIpc) is 3.48. The van der Waals surface area contributed by atoms with Crippen molar-refractivity contribution in [2.45, 2.75) is 45.8 Å². The minimum Gasteiger partial charge on any atom is -0.307 e. The van der Waals surface area contributed by atoms with E-state index in [9.17, 15) is 22.8 Å². The van der Waals surface area contributed by atoms with E-state index in [1.807, 2.05) is 51.1 Å². The number of nitrogens with zero attached hydrogens (tertiary/aromatic N) is 4. The molecule has 0 radical (unpaired) electrons. The number of fused-ring (bicyclic) bond motifs is 1. The van der Waals surface area contributed by atoms with Crippen LogP contribution in [-0.2, 0) is 6.54 Å². The lowest BCUT2D eigenvalue weighted by atomic mass is 9.86. The molecule has 218 valence electrons. The van der Waals surface area contributed by atoms with Gasteiger partial charge in [0.2, 0.25) is 0 Å². The third kappa shape index (κ3) is 5.85. The number of rotatable bonds is 10. The molecule has 1 aliphatic heterocycles. The van der Waals surface area contributed by atoms with E-state index in [0.717, 1.165) is 28.7 Å². The van der Waals surface area contributed by atoms with Crippen LogP contribution in [0.15, 0.2) is 72.8 Å². The predicted molar refractivity (Wildman–Crippen MR) is 152 cm³/mol. The maximum Gasteiger partial charge on any atom is 0.261 e. The second kappa shape index (κ2) is 11.9. The van der Waals surface area contributed by atoms with Gasteiger partial charge in [-0.15, -0.1) is 0 Å². The van der Waals surface area contributed by atoms with Gasteiger partial charge in [0.25, 0.3) is 11.8 Å². The van der Waals surface area contributed by atoms with E-state index in [-0.39, 0.29) is 35.5 Å². The van der Waals surface area contributed by atoms with E-state index >= 15 is 0 Å². The summed E-state index contributed by atoms with van der Waals surface area (Å²) in [7, 11) is 0. The summed E-state index contributed by atoms with van der Waals surface area (Å²) in [6, 6.07) is 17.8. The lowest BCUT2D eigenvalue weighted by Gasteiger charge is -2.32. The Morgan fingerprint density at radius 2 is 1.52 bits per heavy atom. The molecule has 2 atom stereocenters. The van der Waals surface area contributed by atoms with Crippen molar-refractivity contribution in [3.8, 4) is 11.4 Å². The van der Waals surface area contributed by atoms with Crippen molar-refractivity contribution < 1.29 is 22.8 Å². The molecule has 1 N–H and O–H groups in total. The van der Waals surface area contributed by atoms with Crippen molar-refractivity contribution in [2.75, 3.05) is 13.2 Å². The quantitative estimate of drug-likeness (QED) is 0.236. The highest BCUT2D eigenvalue weighted by molar-refractivity contribution is 6.21. The SMILES string of the molecule is CC(C)(C)[C@@H](NCC[C@@H](CF)N1C(=O)c2ccccc2C1=O)c1nc(-c2cc(F)ccc2F)nn1Cc1ccccc1. The van der Waals surface area contributed by atoms with Gasteiger partial charge in [0.15, 0.2) is 5.82 Å². The number of carbonyl (C=O) groups excluding carboxylic acids is 2. The molecule has 3 aromatic carbocycles. The molecule has 0 spiro atoms. The van der Waals surface area contributed by atoms with Gasteiger partial charge in [0, 0.05) is 0 Å². The minimum absolute atomic E-state index is 0.0432. The smallest absolute Gasteiger partial charge is 0.261 e. The van der Waals surface area contributed by atoms with Crippen LogP contribution in [0.4, 0.5) is 13.2 Å². The highest BCUT2D eigenvalue weighted by Gasteiger charge is 2.40. The van der Waals surface area contributed by atoms with E-state index in [0.29, 0.717) is 12.4 Å². The number of alkyl halides is 1. The van der Waals surface area contributed by atoms with Crippen LogP contribution >= 0.6 is 0 Å². The van der Waals surface area contributed by atoms with Gasteiger partial charge in [0.05, 0.1) is 35.3 Å². The highest BCUT2D eigenvalue weighted by Crippen LogP contribution is 2.34. The van der Waals surface area contributed by atoms with Gasteiger partial charge in [0.1, 0.15) is 24.1 Å². The maximum atomic E-state index is 14.7. The number of hydrogen-bond acceptors (Lipinski definition) is 5. The van der Waals surface area contributed by atoms with Crippen molar-refractivity contribution in [3.63, 3.8) is 0 Å². The molecule has 0 unspecified atom stereocenters. The topological polar surface area (TPSA) is 80.1 Å². The van der Waals surface area contributed by atoms with Crippen molar-refractivity contribution in [1.82, 2.24) is 25.0 Å². The number of aromatic nitrogens is 3. The standard InChI is InChI=1S/C32H32F3N5O2/c1-32(2,3)27(36-16-15-22(18-33)40-30(41)23-11-7-8-12-24(23)31(40)42)29-37-28(25-17-21(34)13-14-26(25)35)38-39(29)19-20-9-5-4-6-10-20/h4-14,17,22,27,36H,15-16,18-19H2,1-3H3/t22-,27-/m0/s1. The Kier molecular flexibility index (Phi) is 8.27. The van der Waals surface area contributed by atoms with Crippen molar-refractivity contribution in [2.24, 2.45) is 5.41 Å². The molecule has 1 aliphatic rings. The van der Waals surface area contributed by atoms with Crippen molar-refractivity contribution >= 4 is 11.8 Å². The molecule has 1 aromatic heterocycles. The normalized spacial score (nSPS) is 14.8. The molecule has 2 heterocycles. The molecule has 0 saturated carbocycles. The first-order chi connectivity index (χ1) is 20.1. The fourth-order valence-corrected chi connectivity index (χ4v) is 5.22. The number of benzene rings is 3. The van der Waals surface area contributed by atoms with Crippen LogP contribution in [0, 0.1) is 17.0 Å². The van der Waals surface area contributed by atoms with Gasteiger partial charge < -0.3 is 5.32 Å². The van der Waals surface area contributed by atoms with Gasteiger partial charge in [-0.25, -0.2) is 22.8 Å². The van der Waals surface area contributed by atoms with Crippen molar-refractivity contribution in [3.05, 3.63) is 107 Å². The summed E-state index contributed by atoms with van der Waals surface area (Å²) in [4.78, 5) is 31.5. The Balaban J connectivity index is 1.43. The molecule has 42 heavy (non-hydrogen) atoms. The maximum absolute atomic E-state index is 14.7. The molecular formula is C32H32F3N5O2. The zero-order valence-corrected chi connectivity index (χ0v) is 23.7. The predicted octanol–water partition coefficient (Wildman–Crippen LogP) is 5.97. The Morgan fingerprint density at radius 3 is 2.14 bits per heavy atom. The summed E-state index contributed by atoms with van der Waals surface area (Å²) in [5.74, 6) is -1.73. The van der Waals surface area contributed by atoms with E-state index in [1.54, 1.807) is 28.9 Å². The Bertz CT molecular complexity index is 1560. The number of hydrogen-bond donors (Lipinski definition) is 1. The monoisotopic (exact) mass is 575 g/mol. The van der Waals surface area contributed by atoms with Crippen LogP contribution in [0.2, 0.25) is 0 Å².